The highest BCUT2D eigenvalue weighted by atomic mass is 16.7. The smallest absolute Gasteiger partial charge is 0.306 e. The summed E-state index contributed by atoms with van der Waals surface area (Å²) in [4.78, 5) is 13.0. The number of carbonyl (C=O) groups is 1. The molecule has 0 amide bonds. The number of methoxy groups -OCH3 is 3. The van der Waals surface area contributed by atoms with E-state index in [1.807, 2.05) is 4.90 Å². The topological polar surface area (TPSA) is 48.0 Å². The van der Waals surface area contributed by atoms with Crippen LogP contribution in [0.5, 0.6) is 0 Å². The average molecular weight is 231 g/mol. The van der Waals surface area contributed by atoms with E-state index in [0.29, 0.717) is 26.1 Å². The standard InChI is InChI=1S/C11H21NO4/c1-5-7-12(8-6-10(13)14-2)9-11(15-3)16-4/h5,11H,1,6-9H2,2-4H3. The monoisotopic (exact) mass is 231 g/mol. The van der Waals surface area contributed by atoms with Crippen LogP contribution < -0.4 is 0 Å². The molecule has 0 aromatic heterocycles. The van der Waals surface area contributed by atoms with Gasteiger partial charge in [-0.15, -0.1) is 6.58 Å². The first-order valence-corrected chi connectivity index (χ1v) is 5.13. The first kappa shape index (κ1) is 15.1. The second-order valence-electron chi connectivity index (χ2n) is 3.28. The van der Waals surface area contributed by atoms with Crippen molar-refractivity contribution in [1.82, 2.24) is 4.90 Å². The fraction of sp³-hybridized carbons (Fsp3) is 0.727. The number of carbonyl (C=O) groups excluding carboxylic acids is 1. The molecule has 5 nitrogen and oxygen atoms in total. The van der Waals surface area contributed by atoms with Gasteiger partial charge in [0.25, 0.3) is 0 Å². The van der Waals surface area contributed by atoms with Gasteiger partial charge in [0.1, 0.15) is 0 Å². The lowest BCUT2D eigenvalue weighted by molar-refractivity contribution is -0.142. The zero-order valence-electron chi connectivity index (χ0n) is 10.3. The fourth-order valence-corrected chi connectivity index (χ4v) is 1.25. The lowest BCUT2D eigenvalue weighted by Gasteiger charge is -2.24. The summed E-state index contributed by atoms with van der Waals surface area (Å²) in [7, 11) is 4.55. The minimum atomic E-state index is -0.294. The fourth-order valence-electron chi connectivity index (χ4n) is 1.25. The summed E-state index contributed by atoms with van der Waals surface area (Å²) in [6.07, 6.45) is 1.84. The van der Waals surface area contributed by atoms with Gasteiger partial charge in [-0.05, 0) is 0 Å². The summed E-state index contributed by atoms with van der Waals surface area (Å²) in [5, 5.41) is 0. The molecule has 0 unspecified atom stereocenters. The molecule has 0 radical (unpaired) electrons. The van der Waals surface area contributed by atoms with Crippen molar-refractivity contribution in [1.29, 1.82) is 0 Å². The van der Waals surface area contributed by atoms with Crippen LogP contribution in [0.3, 0.4) is 0 Å². The molecule has 0 atom stereocenters. The number of hydrogen-bond acceptors (Lipinski definition) is 5. The van der Waals surface area contributed by atoms with E-state index in [1.165, 1.54) is 7.11 Å². The molecule has 0 saturated heterocycles. The first-order valence-electron chi connectivity index (χ1n) is 5.13. The molecular formula is C11H21NO4. The van der Waals surface area contributed by atoms with Crippen LogP contribution in [0.1, 0.15) is 6.42 Å². The van der Waals surface area contributed by atoms with Crippen LogP contribution in [-0.4, -0.2) is 58.1 Å². The van der Waals surface area contributed by atoms with Gasteiger partial charge in [-0.3, -0.25) is 9.69 Å². The third kappa shape index (κ3) is 6.55. The Kier molecular flexibility index (Phi) is 8.80. The number of esters is 1. The number of ether oxygens (including phenoxy) is 3. The Morgan fingerprint density at radius 3 is 2.44 bits per heavy atom. The van der Waals surface area contributed by atoms with Gasteiger partial charge in [0.15, 0.2) is 6.29 Å². The van der Waals surface area contributed by atoms with Crippen molar-refractivity contribution < 1.29 is 19.0 Å². The zero-order valence-corrected chi connectivity index (χ0v) is 10.3. The maximum absolute atomic E-state index is 11.0. The third-order valence-electron chi connectivity index (χ3n) is 2.18. The van der Waals surface area contributed by atoms with Crippen molar-refractivity contribution >= 4 is 5.97 Å². The number of rotatable bonds is 9. The van der Waals surface area contributed by atoms with Crippen molar-refractivity contribution in [2.45, 2.75) is 12.7 Å². The maximum atomic E-state index is 11.0. The van der Waals surface area contributed by atoms with Crippen molar-refractivity contribution in [2.75, 3.05) is 41.0 Å². The molecule has 0 aliphatic carbocycles. The Morgan fingerprint density at radius 2 is 2.00 bits per heavy atom. The number of nitrogens with zero attached hydrogens (tertiary/aromatic N) is 1. The molecule has 0 bridgehead atoms. The van der Waals surface area contributed by atoms with Gasteiger partial charge < -0.3 is 14.2 Å². The van der Waals surface area contributed by atoms with Crippen LogP contribution in [0, 0.1) is 0 Å². The lowest BCUT2D eigenvalue weighted by atomic mass is 10.3. The molecule has 0 fully saturated rings. The van der Waals surface area contributed by atoms with E-state index < -0.39 is 0 Å². The largest absolute Gasteiger partial charge is 0.469 e. The SMILES string of the molecule is C=CCN(CCC(=O)OC)CC(OC)OC. The van der Waals surface area contributed by atoms with Gasteiger partial charge in [-0.2, -0.15) is 0 Å². The minimum Gasteiger partial charge on any atom is -0.469 e. The minimum absolute atomic E-state index is 0.222. The molecule has 5 heteroatoms. The molecule has 0 aliphatic rings. The van der Waals surface area contributed by atoms with Crippen LogP contribution >= 0.6 is 0 Å². The summed E-state index contributed by atoms with van der Waals surface area (Å²) < 4.78 is 14.8. The molecule has 0 saturated carbocycles. The summed E-state index contributed by atoms with van der Waals surface area (Å²) in [5.41, 5.74) is 0. The first-order chi connectivity index (χ1) is 7.67. The van der Waals surface area contributed by atoms with E-state index in [0.717, 1.165) is 0 Å². The molecule has 0 aliphatic heterocycles. The zero-order chi connectivity index (χ0) is 12.4. The lowest BCUT2D eigenvalue weighted by Crippen LogP contribution is -2.36. The average Bonchev–Trinajstić information content (AvgIpc) is 2.32. The Bertz CT molecular complexity index is 204. The van der Waals surface area contributed by atoms with Crippen LogP contribution in [0.4, 0.5) is 0 Å². The Balaban J connectivity index is 4.04. The van der Waals surface area contributed by atoms with E-state index in [2.05, 4.69) is 11.3 Å². The van der Waals surface area contributed by atoms with Crippen molar-refractivity contribution in [3.8, 4) is 0 Å². The van der Waals surface area contributed by atoms with E-state index in [4.69, 9.17) is 9.47 Å². The van der Waals surface area contributed by atoms with Crippen molar-refractivity contribution in [3.63, 3.8) is 0 Å². The van der Waals surface area contributed by atoms with E-state index in [9.17, 15) is 4.79 Å². The highest BCUT2D eigenvalue weighted by molar-refractivity contribution is 5.69. The second-order valence-corrected chi connectivity index (χ2v) is 3.28. The van der Waals surface area contributed by atoms with Gasteiger partial charge in [0, 0.05) is 33.9 Å². The van der Waals surface area contributed by atoms with Crippen molar-refractivity contribution in [3.05, 3.63) is 12.7 Å². The summed E-state index contributed by atoms with van der Waals surface area (Å²) in [5.74, 6) is -0.222. The maximum Gasteiger partial charge on any atom is 0.306 e. The normalized spacial score (nSPS) is 10.8. The van der Waals surface area contributed by atoms with Gasteiger partial charge in [-0.1, -0.05) is 6.08 Å². The summed E-state index contributed by atoms with van der Waals surface area (Å²) in [6, 6.07) is 0. The van der Waals surface area contributed by atoms with Gasteiger partial charge in [0.2, 0.25) is 0 Å². The molecule has 0 aromatic carbocycles. The number of hydrogen-bond donors (Lipinski definition) is 0. The molecule has 0 aromatic rings. The summed E-state index contributed by atoms with van der Waals surface area (Å²) >= 11 is 0. The van der Waals surface area contributed by atoms with Gasteiger partial charge in [-0.25, -0.2) is 0 Å². The van der Waals surface area contributed by atoms with Crippen LogP contribution in [0.15, 0.2) is 12.7 Å². The highest BCUT2D eigenvalue weighted by Crippen LogP contribution is 1.99. The molecule has 0 heterocycles. The second kappa shape index (κ2) is 9.33. The Morgan fingerprint density at radius 1 is 1.38 bits per heavy atom. The summed E-state index contributed by atoms with van der Waals surface area (Å²) in [6.45, 7) is 5.54. The van der Waals surface area contributed by atoms with E-state index in [-0.39, 0.29) is 12.3 Å². The quantitative estimate of drug-likeness (QED) is 0.331. The Hall–Kier alpha value is -0.910. The van der Waals surface area contributed by atoms with Gasteiger partial charge in [0.05, 0.1) is 13.5 Å². The highest BCUT2D eigenvalue weighted by Gasteiger charge is 2.13. The predicted molar refractivity (Wildman–Crippen MR) is 61.1 cm³/mol. The van der Waals surface area contributed by atoms with Gasteiger partial charge >= 0.3 is 5.97 Å². The van der Waals surface area contributed by atoms with Crippen LogP contribution in [-0.2, 0) is 19.0 Å². The van der Waals surface area contributed by atoms with Crippen molar-refractivity contribution in [2.24, 2.45) is 0 Å². The molecular weight excluding hydrogens is 210 g/mol. The van der Waals surface area contributed by atoms with Crippen LogP contribution in [0.2, 0.25) is 0 Å². The van der Waals surface area contributed by atoms with E-state index in [1.54, 1.807) is 20.3 Å². The molecule has 16 heavy (non-hydrogen) atoms. The molecule has 0 rings (SSSR count). The molecule has 0 N–H and O–H groups in total. The molecule has 0 spiro atoms. The third-order valence-corrected chi connectivity index (χ3v) is 2.18. The van der Waals surface area contributed by atoms with Crippen LogP contribution in [0.25, 0.3) is 0 Å². The van der Waals surface area contributed by atoms with E-state index >= 15 is 0 Å². The molecule has 94 valence electrons. The predicted octanol–water partition coefficient (Wildman–Crippen LogP) is 0.656. The Labute approximate surface area is 97.0 Å².